The monoisotopic (exact) mass is 442 g/mol. The lowest BCUT2D eigenvalue weighted by atomic mass is 9.94. The lowest BCUT2D eigenvalue weighted by Crippen LogP contribution is -2.48. The fraction of sp³-hybridized carbons (Fsp3) is 0.700. The van der Waals surface area contributed by atoms with Crippen LogP contribution in [0, 0.1) is 0 Å². The molecule has 2 saturated carbocycles. The van der Waals surface area contributed by atoms with Gasteiger partial charge in [-0.05, 0) is 32.6 Å². The van der Waals surface area contributed by atoms with Gasteiger partial charge in [0, 0.05) is 12.1 Å². The lowest BCUT2D eigenvalue weighted by molar-refractivity contribution is 0.395. The van der Waals surface area contributed by atoms with Crippen molar-refractivity contribution in [3.63, 3.8) is 0 Å². The van der Waals surface area contributed by atoms with Gasteiger partial charge in [0.25, 0.3) is 0 Å². The summed E-state index contributed by atoms with van der Waals surface area (Å²) in [6, 6.07) is 0.625. The van der Waals surface area contributed by atoms with E-state index in [1.54, 1.807) is 0 Å². The van der Waals surface area contributed by atoms with Crippen molar-refractivity contribution < 1.29 is 0 Å². The number of hydrogen-bond acceptors (Lipinski definition) is 12. The summed E-state index contributed by atoms with van der Waals surface area (Å²) in [5.41, 5.74) is 17.6. The van der Waals surface area contributed by atoms with Crippen molar-refractivity contribution >= 4 is 35.7 Å². The number of nitrogens with one attached hydrogen (secondary N) is 2. The summed E-state index contributed by atoms with van der Waals surface area (Å²) >= 11 is 0. The molecule has 8 N–H and O–H groups in total. The number of hydrogen-bond donors (Lipinski definition) is 5. The first-order valence-corrected chi connectivity index (χ1v) is 11.6. The van der Waals surface area contributed by atoms with Gasteiger partial charge in [0.05, 0.1) is 0 Å². The molecule has 4 rings (SSSR count). The zero-order valence-electron chi connectivity index (χ0n) is 18.7. The number of nitrogens with zero attached hydrogens (tertiary/aromatic N) is 7. The van der Waals surface area contributed by atoms with Gasteiger partial charge in [-0.25, -0.2) is 0 Å². The highest BCUT2D eigenvalue weighted by molar-refractivity contribution is 5.46. The Morgan fingerprint density at radius 3 is 1.94 bits per heavy atom. The van der Waals surface area contributed by atoms with Crippen LogP contribution in [-0.2, 0) is 0 Å². The number of aromatic nitrogens is 6. The van der Waals surface area contributed by atoms with Gasteiger partial charge < -0.3 is 32.7 Å². The Morgan fingerprint density at radius 1 is 0.719 bits per heavy atom. The smallest absolute Gasteiger partial charge is 0.233 e. The highest BCUT2D eigenvalue weighted by Gasteiger charge is 2.29. The zero-order chi connectivity index (χ0) is 22.5. The summed E-state index contributed by atoms with van der Waals surface area (Å²) in [5, 5.41) is 6.75. The van der Waals surface area contributed by atoms with Crippen molar-refractivity contribution in [3.8, 4) is 0 Å². The first-order chi connectivity index (χ1) is 15.5. The molecular formula is C20H34N12. The molecule has 0 saturated heterocycles. The molecule has 2 aromatic heterocycles. The molecule has 174 valence electrons. The molecule has 1 unspecified atom stereocenters. The van der Waals surface area contributed by atoms with Crippen molar-refractivity contribution in [3.05, 3.63) is 0 Å². The van der Waals surface area contributed by atoms with Gasteiger partial charge in [0.2, 0.25) is 35.7 Å². The van der Waals surface area contributed by atoms with Crippen LogP contribution in [0.2, 0.25) is 0 Å². The number of nitrogen functional groups attached to an aromatic ring is 3. The topological polar surface area (TPSA) is 183 Å². The summed E-state index contributed by atoms with van der Waals surface area (Å²) in [5.74, 6) is 1.72. The van der Waals surface area contributed by atoms with E-state index in [0.29, 0.717) is 23.9 Å². The van der Waals surface area contributed by atoms with Crippen molar-refractivity contribution in [2.75, 3.05) is 32.7 Å². The quantitative estimate of drug-likeness (QED) is 0.394. The maximum Gasteiger partial charge on any atom is 0.233 e. The highest BCUT2D eigenvalue weighted by Crippen LogP contribution is 2.29. The Bertz CT molecular complexity index is 874. The maximum absolute atomic E-state index is 6.11. The second-order valence-electron chi connectivity index (χ2n) is 8.69. The van der Waals surface area contributed by atoms with E-state index in [4.69, 9.17) is 22.2 Å². The standard InChI is InChI=1S/C20H34N12/c1-12(24-18-27-15(21)26-16(22)28-18)32(14-10-6-3-7-11-14)20-30-17(23)29-19(31-20)25-13-8-4-2-5-9-13/h12-14H,2-11H2,1H3,(H3,23,25,29,30,31)(H5,21,22,24,26,27,28). The fourth-order valence-corrected chi connectivity index (χ4v) is 4.73. The van der Waals surface area contributed by atoms with Crippen LogP contribution in [0.4, 0.5) is 35.7 Å². The van der Waals surface area contributed by atoms with Crippen LogP contribution >= 0.6 is 0 Å². The molecule has 2 heterocycles. The minimum absolute atomic E-state index is 0.0693. The van der Waals surface area contributed by atoms with E-state index in [0.717, 1.165) is 38.5 Å². The molecule has 12 heteroatoms. The molecule has 32 heavy (non-hydrogen) atoms. The third-order valence-corrected chi connectivity index (χ3v) is 6.20. The third-order valence-electron chi connectivity index (χ3n) is 6.20. The Morgan fingerprint density at radius 2 is 1.28 bits per heavy atom. The summed E-state index contributed by atoms with van der Waals surface area (Å²) in [6.45, 7) is 2.01. The summed E-state index contributed by atoms with van der Waals surface area (Å²) in [4.78, 5) is 27.9. The molecule has 0 aliphatic heterocycles. The molecule has 0 amide bonds. The van der Waals surface area contributed by atoms with Gasteiger partial charge in [0.1, 0.15) is 6.17 Å². The van der Waals surface area contributed by atoms with E-state index in [-0.39, 0.29) is 30.1 Å². The minimum atomic E-state index is -0.233. The van der Waals surface area contributed by atoms with Gasteiger partial charge in [-0.2, -0.15) is 29.9 Å². The molecule has 2 aliphatic carbocycles. The Kier molecular flexibility index (Phi) is 6.86. The molecule has 2 fully saturated rings. The van der Waals surface area contributed by atoms with Crippen LogP contribution in [0.1, 0.15) is 71.1 Å². The molecule has 0 spiro atoms. The molecule has 12 nitrogen and oxygen atoms in total. The van der Waals surface area contributed by atoms with Crippen LogP contribution in [0.5, 0.6) is 0 Å². The molecule has 0 bridgehead atoms. The molecule has 2 aromatic rings. The number of anilines is 6. The van der Waals surface area contributed by atoms with Gasteiger partial charge in [0.15, 0.2) is 0 Å². The number of nitrogens with two attached hydrogens (primary N) is 3. The zero-order valence-corrected chi connectivity index (χ0v) is 18.7. The molecule has 0 radical (unpaired) electrons. The van der Waals surface area contributed by atoms with Crippen LogP contribution in [0.25, 0.3) is 0 Å². The molecular weight excluding hydrogens is 408 g/mol. The predicted molar refractivity (Wildman–Crippen MR) is 126 cm³/mol. The first-order valence-electron chi connectivity index (χ1n) is 11.6. The summed E-state index contributed by atoms with van der Waals surface area (Å²) < 4.78 is 0. The molecule has 0 aromatic carbocycles. The van der Waals surface area contributed by atoms with E-state index in [2.05, 4.69) is 40.5 Å². The average Bonchev–Trinajstić information content (AvgIpc) is 2.74. The maximum atomic E-state index is 6.11. The van der Waals surface area contributed by atoms with E-state index >= 15 is 0 Å². The molecule has 2 aliphatic rings. The van der Waals surface area contributed by atoms with Crippen molar-refractivity contribution in [2.45, 2.75) is 89.4 Å². The normalized spacial score (nSPS) is 18.8. The van der Waals surface area contributed by atoms with Crippen LogP contribution in [-0.4, -0.2) is 48.2 Å². The van der Waals surface area contributed by atoms with E-state index < -0.39 is 0 Å². The number of rotatable bonds is 7. The van der Waals surface area contributed by atoms with Crippen LogP contribution in [0.15, 0.2) is 0 Å². The SMILES string of the molecule is CC(Nc1nc(N)nc(N)n1)N(c1nc(N)nc(NC2CCCCC2)n1)C1CCCCC1. The van der Waals surface area contributed by atoms with Crippen molar-refractivity contribution in [1.82, 2.24) is 29.9 Å². The predicted octanol–water partition coefficient (Wildman–Crippen LogP) is 2.14. The van der Waals surface area contributed by atoms with E-state index in [1.165, 1.54) is 25.7 Å². The lowest BCUT2D eigenvalue weighted by Gasteiger charge is -2.39. The average molecular weight is 443 g/mol. The first kappa shape index (κ1) is 22.0. The fourth-order valence-electron chi connectivity index (χ4n) is 4.73. The Labute approximate surface area is 188 Å². The van der Waals surface area contributed by atoms with Gasteiger partial charge >= 0.3 is 0 Å². The van der Waals surface area contributed by atoms with Crippen LogP contribution in [0.3, 0.4) is 0 Å². The van der Waals surface area contributed by atoms with Gasteiger partial charge in [-0.3, -0.25) is 0 Å². The Hall–Kier alpha value is -3.18. The van der Waals surface area contributed by atoms with Gasteiger partial charge in [-0.15, -0.1) is 0 Å². The van der Waals surface area contributed by atoms with E-state index in [1.807, 2.05) is 6.92 Å². The largest absolute Gasteiger partial charge is 0.368 e. The minimum Gasteiger partial charge on any atom is -0.368 e. The van der Waals surface area contributed by atoms with E-state index in [9.17, 15) is 0 Å². The second-order valence-corrected chi connectivity index (χ2v) is 8.69. The van der Waals surface area contributed by atoms with Crippen LogP contribution < -0.4 is 32.7 Å². The molecule has 1 atom stereocenters. The van der Waals surface area contributed by atoms with Gasteiger partial charge in [-0.1, -0.05) is 38.5 Å². The summed E-state index contributed by atoms with van der Waals surface area (Å²) in [7, 11) is 0. The van der Waals surface area contributed by atoms with Crippen molar-refractivity contribution in [2.24, 2.45) is 0 Å². The third kappa shape index (κ3) is 5.54. The summed E-state index contributed by atoms with van der Waals surface area (Å²) in [6.07, 6.45) is 11.4. The highest BCUT2D eigenvalue weighted by atomic mass is 15.4. The second kappa shape index (κ2) is 9.96. The van der Waals surface area contributed by atoms with Crippen molar-refractivity contribution in [1.29, 1.82) is 0 Å². The Balaban J connectivity index is 1.60.